The van der Waals surface area contributed by atoms with Crippen molar-refractivity contribution < 1.29 is 4.90 Å². The van der Waals surface area contributed by atoms with Crippen molar-refractivity contribution in [2.75, 3.05) is 33.2 Å². The highest BCUT2D eigenvalue weighted by Gasteiger charge is 2.13. The predicted octanol–water partition coefficient (Wildman–Crippen LogP) is -0.278. The summed E-state index contributed by atoms with van der Waals surface area (Å²) < 4.78 is 0. The molecule has 1 N–H and O–H groups in total. The van der Waals surface area contributed by atoms with Gasteiger partial charge in [-0.3, -0.25) is 5.01 Å². The maximum absolute atomic E-state index is 8.69. The number of nitriles is 1. The summed E-state index contributed by atoms with van der Waals surface area (Å²) >= 11 is 0. The summed E-state index contributed by atoms with van der Waals surface area (Å²) in [5, 5.41) is 15.3. The van der Waals surface area contributed by atoms with E-state index in [1.165, 1.54) is 0 Å². The van der Waals surface area contributed by atoms with E-state index in [1.807, 2.05) is 30.5 Å². The lowest BCUT2D eigenvalue weighted by atomic mass is 10.2. The Kier molecular flexibility index (Phi) is 3.73. The van der Waals surface area contributed by atoms with Crippen LogP contribution in [-0.4, -0.2) is 44.5 Å². The van der Waals surface area contributed by atoms with Gasteiger partial charge in [-0.2, -0.15) is 10.4 Å². The number of quaternary nitrogens is 1. The maximum Gasteiger partial charge on any atom is 0.0991 e. The van der Waals surface area contributed by atoms with Gasteiger partial charge in [0.25, 0.3) is 0 Å². The van der Waals surface area contributed by atoms with Gasteiger partial charge in [-0.05, 0) is 17.7 Å². The molecule has 1 aliphatic rings. The number of rotatable bonds is 2. The molecule has 17 heavy (non-hydrogen) atoms. The summed E-state index contributed by atoms with van der Waals surface area (Å²) in [5.41, 5.74) is 1.72. The molecule has 4 nitrogen and oxygen atoms in total. The van der Waals surface area contributed by atoms with Gasteiger partial charge in [0.15, 0.2) is 0 Å². The van der Waals surface area contributed by atoms with Crippen molar-refractivity contribution in [3.05, 3.63) is 35.4 Å². The van der Waals surface area contributed by atoms with Crippen molar-refractivity contribution in [1.29, 1.82) is 5.26 Å². The summed E-state index contributed by atoms with van der Waals surface area (Å²) in [6.45, 7) is 4.31. The minimum absolute atomic E-state index is 0.686. The fraction of sp³-hybridized carbons (Fsp3) is 0.385. The van der Waals surface area contributed by atoms with Crippen LogP contribution in [0.15, 0.2) is 29.4 Å². The summed E-state index contributed by atoms with van der Waals surface area (Å²) in [7, 11) is 2.21. The predicted molar refractivity (Wildman–Crippen MR) is 66.9 cm³/mol. The first-order chi connectivity index (χ1) is 8.28. The molecule has 0 aliphatic carbocycles. The summed E-state index contributed by atoms with van der Waals surface area (Å²) in [6, 6.07) is 9.58. The first-order valence-corrected chi connectivity index (χ1v) is 5.88. The number of hydrogen-bond donors (Lipinski definition) is 1. The highest BCUT2D eigenvalue weighted by atomic mass is 15.5. The van der Waals surface area contributed by atoms with Crippen LogP contribution in [0.3, 0.4) is 0 Å². The normalized spacial score (nSPS) is 17.3. The summed E-state index contributed by atoms with van der Waals surface area (Å²) in [6.07, 6.45) is 1.86. The largest absolute Gasteiger partial charge is 0.334 e. The molecule has 0 amide bonds. The fourth-order valence-corrected chi connectivity index (χ4v) is 1.78. The molecule has 0 aromatic heterocycles. The van der Waals surface area contributed by atoms with Crippen LogP contribution in [0.5, 0.6) is 0 Å². The van der Waals surface area contributed by atoms with Crippen molar-refractivity contribution in [2.24, 2.45) is 5.10 Å². The van der Waals surface area contributed by atoms with Gasteiger partial charge in [0.1, 0.15) is 0 Å². The number of hydrazone groups is 1. The Morgan fingerprint density at radius 3 is 2.53 bits per heavy atom. The van der Waals surface area contributed by atoms with Crippen LogP contribution >= 0.6 is 0 Å². The van der Waals surface area contributed by atoms with Gasteiger partial charge in [0.2, 0.25) is 0 Å². The molecule has 0 saturated carbocycles. The van der Waals surface area contributed by atoms with E-state index in [1.54, 1.807) is 4.90 Å². The van der Waals surface area contributed by atoms with E-state index in [4.69, 9.17) is 5.26 Å². The second-order valence-electron chi connectivity index (χ2n) is 4.39. The van der Waals surface area contributed by atoms with E-state index in [0.29, 0.717) is 5.56 Å². The fourth-order valence-electron chi connectivity index (χ4n) is 1.78. The number of hydrogen-bond acceptors (Lipinski definition) is 3. The third kappa shape index (κ3) is 3.30. The molecule has 4 heteroatoms. The van der Waals surface area contributed by atoms with E-state index in [9.17, 15) is 0 Å². The standard InChI is InChI=1S/C13H16N4/c1-16-6-8-17(9-7-16)15-11-13-4-2-12(10-14)3-5-13/h2-5,11H,6-9H2,1H3/p+1/b15-11-. The molecule has 88 valence electrons. The number of nitrogens with one attached hydrogen (secondary N) is 1. The van der Waals surface area contributed by atoms with E-state index < -0.39 is 0 Å². The zero-order chi connectivity index (χ0) is 12.1. The molecule has 1 saturated heterocycles. The zero-order valence-corrected chi connectivity index (χ0v) is 10.1. The smallest absolute Gasteiger partial charge is 0.0991 e. The molecule has 0 radical (unpaired) electrons. The molecule has 1 aliphatic heterocycles. The minimum atomic E-state index is 0.686. The van der Waals surface area contributed by atoms with Crippen LogP contribution < -0.4 is 4.90 Å². The molecular formula is C13H17N4+. The number of benzene rings is 1. The minimum Gasteiger partial charge on any atom is -0.334 e. The van der Waals surface area contributed by atoms with Crippen LogP contribution in [0.2, 0.25) is 0 Å². The average molecular weight is 229 g/mol. The highest BCUT2D eigenvalue weighted by Crippen LogP contribution is 2.01. The van der Waals surface area contributed by atoms with E-state index >= 15 is 0 Å². The van der Waals surface area contributed by atoms with Crippen LogP contribution in [0, 0.1) is 11.3 Å². The second kappa shape index (κ2) is 5.46. The van der Waals surface area contributed by atoms with Gasteiger partial charge in [-0.1, -0.05) is 12.1 Å². The van der Waals surface area contributed by atoms with Gasteiger partial charge in [0.05, 0.1) is 51.1 Å². The van der Waals surface area contributed by atoms with Crippen molar-refractivity contribution in [3.63, 3.8) is 0 Å². The first-order valence-electron chi connectivity index (χ1n) is 5.88. The Hall–Kier alpha value is -1.86. The van der Waals surface area contributed by atoms with Gasteiger partial charge in [-0.15, -0.1) is 0 Å². The highest BCUT2D eigenvalue weighted by molar-refractivity contribution is 5.79. The van der Waals surface area contributed by atoms with Gasteiger partial charge < -0.3 is 4.90 Å². The molecule has 0 bridgehead atoms. The topological polar surface area (TPSA) is 43.8 Å². The van der Waals surface area contributed by atoms with E-state index in [-0.39, 0.29) is 0 Å². The number of likely N-dealkylation sites (N-methyl/N-ethyl adjacent to an activating group) is 1. The Balaban J connectivity index is 1.93. The number of piperazine rings is 1. The SMILES string of the molecule is C[NH+]1CCN(/N=C\c2ccc(C#N)cc2)CC1. The molecular weight excluding hydrogens is 212 g/mol. The van der Waals surface area contributed by atoms with Crippen LogP contribution in [0.4, 0.5) is 0 Å². The Morgan fingerprint density at radius 1 is 1.29 bits per heavy atom. The third-order valence-corrected chi connectivity index (χ3v) is 3.00. The van der Waals surface area contributed by atoms with Crippen molar-refractivity contribution in [2.45, 2.75) is 0 Å². The first kappa shape index (κ1) is 11.6. The van der Waals surface area contributed by atoms with Crippen molar-refractivity contribution in [1.82, 2.24) is 5.01 Å². The molecule has 0 unspecified atom stereocenters. The average Bonchev–Trinajstić information content (AvgIpc) is 2.39. The Bertz CT molecular complexity index is 422. The Labute approximate surface area is 102 Å². The van der Waals surface area contributed by atoms with E-state index in [0.717, 1.165) is 31.7 Å². The van der Waals surface area contributed by atoms with Crippen LogP contribution in [-0.2, 0) is 0 Å². The van der Waals surface area contributed by atoms with Gasteiger partial charge in [0, 0.05) is 0 Å². The summed E-state index contributed by atoms with van der Waals surface area (Å²) in [5.74, 6) is 0. The third-order valence-electron chi connectivity index (χ3n) is 3.00. The van der Waals surface area contributed by atoms with Crippen molar-refractivity contribution >= 4 is 6.21 Å². The quantitative estimate of drug-likeness (QED) is 0.709. The maximum atomic E-state index is 8.69. The lowest BCUT2D eigenvalue weighted by Crippen LogP contribution is -3.11. The molecule has 2 rings (SSSR count). The van der Waals surface area contributed by atoms with Crippen LogP contribution in [0.25, 0.3) is 0 Å². The zero-order valence-electron chi connectivity index (χ0n) is 10.1. The molecule has 1 fully saturated rings. The summed E-state index contributed by atoms with van der Waals surface area (Å²) in [4.78, 5) is 1.56. The molecule has 1 aromatic carbocycles. The van der Waals surface area contributed by atoms with E-state index in [2.05, 4.69) is 23.2 Å². The lowest BCUT2D eigenvalue weighted by Gasteiger charge is -2.27. The Morgan fingerprint density at radius 2 is 1.94 bits per heavy atom. The van der Waals surface area contributed by atoms with Gasteiger partial charge in [-0.25, -0.2) is 0 Å². The van der Waals surface area contributed by atoms with Crippen molar-refractivity contribution in [3.8, 4) is 6.07 Å². The lowest BCUT2D eigenvalue weighted by molar-refractivity contribution is -0.884. The van der Waals surface area contributed by atoms with Gasteiger partial charge >= 0.3 is 0 Å². The molecule has 0 atom stereocenters. The second-order valence-corrected chi connectivity index (χ2v) is 4.39. The molecule has 0 spiro atoms. The molecule has 1 aromatic rings. The monoisotopic (exact) mass is 229 g/mol. The molecule has 1 heterocycles. The number of nitrogens with zero attached hydrogens (tertiary/aromatic N) is 3. The van der Waals surface area contributed by atoms with Crippen LogP contribution in [0.1, 0.15) is 11.1 Å².